The SMILES string of the molecule is C=CC(=O)Nc1cc(OCCN(C)C)cc(B(O)O)c1. The van der Waals surface area contributed by atoms with E-state index in [-0.39, 0.29) is 11.4 Å². The number of amides is 1. The topological polar surface area (TPSA) is 82.0 Å². The lowest BCUT2D eigenvalue weighted by Gasteiger charge is -2.13. The molecule has 1 amide bonds. The van der Waals surface area contributed by atoms with Gasteiger partial charge < -0.3 is 25.0 Å². The van der Waals surface area contributed by atoms with Gasteiger partial charge in [0, 0.05) is 18.3 Å². The molecule has 108 valence electrons. The molecule has 0 spiro atoms. The molecule has 0 bridgehead atoms. The van der Waals surface area contributed by atoms with E-state index in [1.807, 2.05) is 19.0 Å². The average molecular weight is 278 g/mol. The van der Waals surface area contributed by atoms with Crippen LogP contribution in [0.1, 0.15) is 0 Å². The van der Waals surface area contributed by atoms with Gasteiger partial charge in [0.1, 0.15) is 12.4 Å². The second kappa shape index (κ2) is 7.69. The molecule has 7 heteroatoms. The van der Waals surface area contributed by atoms with Gasteiger partial charge in [0.05, 0.1) is 0 Å². The predicted molar refractivity (Wildman–Crippen MR) is 79.1 cm³/mol. The Bertz CT molecular complexity index is 477. The lowest BCUT2D eigenvalue weighted by molar-refractivity contribution is -0.111. The van der Waals surface area contributed by atoms with E-state index in [0.717, 1.165) is 12.6 Å². The van der Waals surface area contributed by atoms with Crippen molar-refractivity contribution in [3.8, 4) is 5.75 Å². The van der Waals surface area contributed by atoms with Crippen LogP contribution in [0.4, 0.5) is 5.69 Å². The zero-order chi connectivity index (χ0) is 15.1. The van der Waals surface area contributed by atoms with E-state index in [2.05, 4.69) is 11.9 Å². The molecule has 0 heterocycles. The van der Waals surface area contributed by atoms with Crippen molar-refractivity contribution in [2.75, 3.05) is 32.6 Å². The molecule has 0 aliphatic carbocycles. The van der Waals surface area contributed by atoms with Crippen molar-refractivity contribution in [2.24, 2.45) is 0 Å². The van der Waals surface area contributed by atoms with Crippen molar-refractivity contribution in [1.82, 2.24) is 4.90 Å². The molecule has 0 saturated carbocycles. The maximum atomic E-state index is 11.3. The highest BCUT2D eigenvalue weighted by Crippen LogP contribution is 2.16. The molecule has 6 nitrogen and oxygen atoms in total. The van der Waals surface area contributed by atoms with Crippen molar-refractivity contribution in [3.05, 3.63) is 30.9 Å². The first-order chi connectivity index (χ1) is 9.42. The lowest BCUT2D eigenvalue weighted by Crippen LogP contribution is -2.30. The molecule has 0 radical (unpaired) electrons. The largest absolute Gasteiger partial charge is 0.492 e. The molecule has 0 aromatic heterocycles. The van der Waals surface area contributed by atoms with Gasteiger partial charge in [-0.3, -0.25) is 4.79 Å². The van der Waals surface area contributed by atoms with E-state index < -0.39 is 7.12 Å². The maximum Gasteiger partial charge on any atom is 0.488 e. The molecule has 1 aromatic carbocycles. The van der Waals surface area contributed by atoms with E-state index in [0.29, 0.717) is 18.0 Å². The number of nitrogens with one attached hydrogen (secondary N) is 1. The third-order valence-corrected chi connectivity index (χ3v) is 2.49. The van der Waals surface area contributed by atoms with Crippen LogP contribution < -0.4 is 15.5 Å². The Balaban J connectivity index is 2.86. The average Bonchev–Trinajstić information content (AvgIpc) is 2.37. The number of likely N-dealkylation sites (N-methyl/N-ethyl adjacent to an activating group) is 1. The number of anilines is 1. The first kappa shape index (κ1) is 16.2. The van der Waals surface area contributed by atoms with Crippen molar-refractivity contribution < 1.29 is 19.6 Å². The molecule has 1 rings (SSSR count). The molecule has 0 fully saturated rings. The summed E-state index contributed by atoms with van der Waals surface area (Å²) in [6, 6.07) is 4.59. The summed E-state index contributed by atoms with van der Waals surface area (Å²) >= 11 is 0. The highest BCUT2D eigenvalue weighted by molar-refractivity contribution is 6.58. The second-order valence-electron chi connectivity index (χ2n) is 4.51. The minimum atomic E-state index is -1.63. The minimum absolute atomic E-state index is 0.242. The molecular formula is C13H19BN2O4. The van der Waals surface area contributed by atoms with E-state index in [9.17, 15) is 14.8 Å². The highest BCUT2D eigenvalue weighted by atomic mass is 16.5. The van der Waals surface area contributed by atoms with Gasteiger partial charge in [-0.15, -0.1) is 0 Å². The van der Waals surface area contributed by atoms with Crippen LogP contribution in [0.5, 0.6) is 5.75 Å². The van der Waals surface area contributed by atoms with Crippen molar-refractivity contribution in [3.63, 3.8) is 0 Å². The molecule has 1 aromatic rings. The van der Waals surface area contributed by atoms with Crippen molar-refractivity contribution in [1.29, 1.82) is 0 Å². The van der Waals surface area contributed by atoms with Gasteiger partial charge in [0.15, 0.2) is 0 Å². The van der Waals surface area contributed by atoms with Gasteiger partial charge in [-0.1, -0.05) is 6.58 Å². The number of carbonyl (C=O) groups excluding carboxylic acids is 1. The summed E-state index contributed by atoms with van der Waals surface area (Å²) in [5, 5.41) is 21.0. The van der Waals surface area contributed by atoms with E-state index in [1.165, 1.54) is 12.1 Å². The number of ether oxygens (including phenoxy) is 1. The Morgan fingerprint density at radius 1 is 1.45 bits per heavy atom. The van der Waals surface area contributed by atoms with Gasteiger partial charge in [0.25, 0.3) is 0 Å². The number of nitrogens with zero attached hydrogens (tertiary/aromatic N) is 1. The predicted octanol–water partition coefficient (Wildman–Crippen LogP) is -0.569. The summed E-state index contributed by atoms with van der Waals surface area (Å²) in [4.78, 5) is 13.2. The van der Waals surface area contributed by atoms with Crippen LogP contribution in [0.2, 0.25) is 0 Å². The van der Waals surface area contributed by atoms with E-state index in [1.54, 1.807) is 6.07 Å². The highest BCUT2D eigenvalue weighted by Gasteiger charge is 2.14. The third-order valence-electron chi connectivity index (χ3n) is 2.49. The summed E-state index contributed by atoms with van der Waals surface area (Å²) < 4.78 is 5.52. The fraction of sp³-hybridized carbons (Fsp3) is 0.308. The Kier molecular flexibility index (Phi) is 6.24. The number of carbonyl (C=O) groups is 1. The molecule has 0 aliphatic heterocycles. The molecule has 0 aliphatic rings. The van der Waals surface area contributed by atoms with Crippen LogP contribution in [0, 0.1) is 0 Å². The smallest absolute Gasteiger partial charge is 0.488 e. The summed E-state index contributed by atoms with van der Waals surface area (Å²) in [6.45, 7) is 4.53. The van der Waals surface area contributed by atoms with E-state index >= 15 is 0 Å². The summed E-state index contributed by atoms with van der Waals surface area (Å²) in [5.41, 5.74) is 0.659. The number of rotatable bonds is 7. The molecule has 0 unspecified atom stereocenters. The quantitative estimate of drug-likeness (QED) is 0.460. The van der Waals surface area contributed by atoms with Gasteiger partial charge >= 0.3 is 7.12 Å². The fourth-order valence-corrected chi connectivity index (χ4v) is 1.47. The molecule has 0 atom stereocenters. The first-order valence-corrected chi connectivity index (χ1v) is 6.14. The Labute approximate surface area is 118 Å². The number of benzene rings is 1. The summed E-state index contributed by atoms with van der Waals surface area (Å²) in [5.74, 6) is 0.0747. The number of hydrogen-bond acceptors (Lipinski definition) is 5. The van der Waals surface area contributed by atoms with Gasteiger partial charge in [-0.2, -0.15) is 0 Å². The van der Waals surface area contributed by atoms with Crippen LogP contribution in [0.15, 0.2) is 30.9 Å². The first-order valence-electron chi connectivity index (χ1n) is 6.14. The van der Waals surface area contributed by atoms with E-state index in [4.69, 9.17) is 4.74 Å². The fourth-order valence-electron chi connectivity index (χ4n) is 1.47. The number of hydrogen-bond donors (Lipinski definition) is 3. The lowest BCUT2D eigenvalue weighted by atomic mass is 9.80. The second-order valence-corrected chi connectivity index (χ2v) is 4.51. The van der Waals surface area contributed by atoms with Crippen LogP contribution >= 0.6 is 0 Å². The van der Waals surface area contributed by atoms with Crippen LogP contribution in [0.3, 0.4) is 0 Å². The summed E-state index contributed by atoms with van der Waals surface area (Å²) in [7, 11) is 2.21. The van der Waals surface area contributed by atoms with Crippen LogP contribution in [0.25, 0.3) is 0 Å². The Morgan fingerprint density at radius 3 is 2.70 bits per heavy atom. The van der Waals surface area contributed by atoms with Crippen LogP contribution in [-0.4, -0.2) is 55.2 Å². The monoisotopic (exact) mass is 278 g/mol. The zero-order valence-electron chi connectivity index (χ0n) is 11.7. The van der Waals surface area contributed by atoms with Gasteiger partial charge in [-0.25, -0.2) is 0 Å². The molecule has 20 heavy (non-hydrogen) atoms. The zero-order valence-corrected chi connectivity index (χ0v) is 11.7. The normalized spacial score (nSPS) is 10.2. The Hall–Kier alpha value is -1.83. The van der Waals surface area contributed by atoms with Crippen LogP contribution in [-0.2, 0) is 4.79 Å². The third kappa shape index (κ3) is 5.44. The van der Waals surface area contributed by atoms with Gasteiger partial charge in [0.2, 0.25) is 5.91 Å². The Morgan fingerprint density at radius 2 is 2.15 bits per heavy atom. The molecule has 0 saturated heterocycles. The molecular weight excluding hydrogens is 259 g/mol. The van der Waals surface area contributed by atoms with Crippen molar-refractivity contribution in [2.45, 2.75) is 0 Å². The maximum absolute atomic E-state index is 11.3. The minimum Gasteiger partial charge on any atom is -0.492 e. The van der Waals surface area contributed by atoms with Gasteiger partial charge in [-0.05, 0) is 37.8 Å². The summed E-state index contributed by atoms with van der Waals surface area (Å²) in [6.07, 6.45) is 1.13. The molecule has 3 N–H and O–H groups in total. The standard InChI is InChI=1S/C13H19BN2O4/c1-4-13(17)15-11-7-10(14(18)19)8-12(9-11)20-6-5-16(2)3/h4,7-9,18-19H,1,5-6H2,2-3H3,(H,15,17). The van der Waals surface area contributed by atoms with Crippen molar-refractivity contribution >= 4 is 24.2 Å².